The summed E-state index contributed by atoms with van der Waals surface area (Å²) in [7, 11) is 1.85. The Bertz CT molecular complexity index is 515. The molecule has 0 aliphatic heterocycles. The highest BCUT2D eigenvalue weighted by molar-refractivity contribution is 7.07. The highest BCUT2D eigenvalue weighted by Gasteiger charge is 2.14. The Morgan fingerprint density at radius 3 is 2.75 bits per heavy atom. The molecule has 2 aromatic heterocycles. The Morgan fingerprint density at radius 2 is 2.25 bits per heavy atom. The van der Waals surface area contributed by atoms with Crippen molar-refractivity contribution in [2.45, 2.75) is 13.8 Å². The van der Waals surface area contributed by atoms with E-state index in [1.165, 1.54) is 11.3 Å². The number of nitrogens with zero attached hydrogens (tertiary/aromatic N) is 3. The first-order chi connectivity index (χ1) is 7.59. The minimum Gasteiger partial charge on any atom is -0.317 e. The van der Waals surface area contributed by atoms with Crippen LogP contribution < -0.4 is 5.32 Å². The molecule has 0 atom stereocenters. The van der Waals surface area contributed by atoms with Gasteiger partial charge in [-0.3, -0.25) is 9.48 Å². The quantitative estimate of drug-likeness (QED) is 0.864. The van der Waals surface area contributed by atoms with Gasteiger partial charge in [0.2, 0.25) is 0 Å². The van der Waals surface area contributed by atoms with Gasteiger partial charge in [0.1, 0.15) is 5.69 Å². The van der Waals surface area contributed by atoms with Gasteiger partial charge in [-0.15, -0.1) is 11.3 Å². The Kier molecular flexibility index (Phi) is 2.74. The molecule has 0 fully saturated rings. The molecule has 1 N–H and O–H groups in total. The molecule has 16 heavy (non-hydrogen) atoms. The highest BCUT2D eigenvalue weighted by atomic mass is 32.1. The van der Waals surface area contributed by atoms with Crippen LogP contribution >= 0.6 is 11.3 Å². The lowest BCUT2D eigenvalue weighted by atomic mass is 10.3. The average molecular weight is 236 g/mol. The minimum absolute atomic E-state index is 0.194. The minimum atomic E-state index is -0.194. The van der Waals surface area contributed by atoms with Crippen LogP contribution in [0.1, 0.15) is 21.9 Å². The summed E-state index contributed by atoms with van der Waals surface area (Å²) in [4.78, 5) is 15.7. The van der Waals surface area contributed by atoms with Gasteiger partial charge in [-0.05, 0) is 13.8 Å². The summed E-state index contributed by atoms with van der Waals surface area (Å²) in [6.45, 7) is 3.78. The van der Waals surface area contributed by atoms with Crippen LogP contribution in [0.2, 0.25) is 0 Å². The zero-order valence-corrected chi connectivity index (χ0v) is 10.1. The molecule has 0 aromatic carbocycles. The van der Waals surface area contributed by atoms with Gasteiger partial charge in [0, 0.05) is 12.4 Å². The maximum atomic E-state index is 11.8. The van der Waals surface area contributed by atoms with Crippen molar-refractivity contribution in [3.05, 3.63) is 28.0 Å². The zero-order valence-electron chi connectivity index (χ0n) is 9.31. The number of nitrogens with one attached hydrogen (secondary N) is 1. The molecule has 0 unspecified atom stereocenters. The van der Waals surface area contributed by atoms with Crippen LogP contribution in [0, 0.1) is 13.8 Å². The van der Waals surface area contributed by atoms with E-state index in [0.717, 1.165) is 17.1 Å². The number of anilines is 1. The van der Waals surface area contributed by atoms with Crippen LogP contribution in [-0.2, 0) is 7.05 Å². The van der Waals surface area contributed by atoms with Crippen LogP contribution in [0.5, 0.6) is 0 Å². The van der Waals surface area contributed by atoms with Crippen LogP contribution in [0.4, 0.5) is 5.69 Å². The van der Waals surface area contributed by atoms with Gasteiger partial charge >= 0.3 is 0 Å². The summed E-state index contributed by atoms with van der Waals surface area (Å²) < 4.78 is 1.74. The van der Waals surface area contributed by atoms with Gasteiger partial charge in [-0.25, -0.2) is 4.98 Å². The summed E-state index contributed by atoms with van der Waals surface area (Å²) >= 11 is 1.40. The molecule has 0 radical (unpaired) electrons. The number of hydrogen-bond donors (Lipinski definition) is 1. The molecule has 0 bridgehead atoms. The number of carbonyl (C=O) groups is 1. The van der Waals surface area contributed by atoms with E-state index in [0.29, 0.717) is 5.69 Å². The number of carbonyl (C=O) groups excluding carboxylic acids is 1. The van der Waals surface area contributed by atoms with Crippen molar-refractivity contribution in [2.24, 2.45) is 7.05 Å². The van der Waals surface area contributed by atoms with Gasteiger partial charge < -0.3 is 5.32 Å². The lowest BCUT2D eigenvalue weighted by Gasteiger charge is -2.03. The molecule has 1 amide bonds. The Morgan fingerprint density at radius 1 is 1.50 bits per heavy atom. The third kappa shape index (κ3) is 1.83. The first-order valence-corrected chi connectivity index (χ1v) is 5.73. The fraction of sp³-hybridized carbons (Fsp3) is 0.300. The van der Waals surface area contributed by atoms with Gasteiger partial charge in [-0.2, -0.15) is 5.10 Å². The summed E-state index contributed by atoms with van der Waals surface area (Å²) in [6, 6.07) is 0. The summed E-state index contributed by atoms with van der Waals surface area (Å²) in [5, 5.41) is 8.77. The molecule has 2 rings (SSSR count). The molecular formula is C10H12N4OS. The van der Waals surface area contributed by atoms with Crippen molar-refractivity contribution in [1.29, 1.82) is 0 Å². The fourth-order valence-electron chi connectivity index (χ4n) is 1.46. The Hall–Kier alpha value is -1.69. The SMILES string of the molecule is Cc1nn(C)c(C)c1NC(=O)c1cscn1. The lowest BCUT2D eigenvalue weighted by molar-refractivity contribution is 0.102. The Balaban J connectivity index is 2.25. The van der Waals surface area contributed by atoms with E-state index in [2.05, 4.69) is 15.4 Å². The molecular weight excluding hydrogens is 224 g/mol. The fourth-order valence-corrected chi connectivity index (χ4v) is 1.99. The monoisotopic (exact) mass is 236 g/mol. The molecule has 84 valence electrons. The first-order valence-electron chi connectivity index (χ1n) is 4.79. The number of hydrogen-bond acceptors (Lipinski definition) is 4. The number of aryl methyl sites for hydroxylation is 2. The molecule has 6 heteroatoms. The maximum absolute atomic E-state index is 11.8. The van der Waals surface area contributed by atoms with E-state index < -0.39 is 0 Å². The van der Waals surface area contributed by atoms with Gasteiger partial charge in [0.15, 0.2) is 0 Å². The third-order valence-corrected chi connectivity index (χ3v) is 3.00. The number of thiazole rings is 1. The van der Waals surface area contributed by atoms with E-state index >= 15 is 0 Å². The first kappa shape index (κ1) is 10.8. The van der Waals surface area contributed by atoms with Crippen molar-refractivity contribution < 1.29 is 4.79 Å². The molecule has 0 spiro atoms. The molecule has 5 nitrogen and oxygen atoms in total. The van der Waals surface area contributed by atoms with E-state index in [9.17, 15) is 4.79 Å². The standard InChI is InChI=1S/C10H12N4OS/c1-6-9(7(2)14(3)13-6)12-10(15)8-4-16-5-11-8/h4-5H,1-3H3,(H,12,15). The molecule has 2 heterocycles. The lowest BCUT2D eigenvalue weighted by Crippen LogP contribution is -2.13. The Labute approximate surface area is 97.1 Å². The summed E-state index contributed by atoms with van der Waals surface area (Å²) in [5.41, 5.74) is 4.58. The third-order valence-electron chi connectivity index (χ3n) is 2.41. The topological polar surface area (TPSA) is 59.8 Å². The van der Waals surface area contributed by atoms with E-state index in [-0.39, 0.29) is 5.91 Å². The normalized spacial score (nSPS) is 10.4. The van der Waals surface area contributed by atoms with E-state index in [1.807, 2.05) is 20.9 Å². The van der Waals surface area contributed by atoms with E-state index in [4.69, 9.17) is 0 Å². The van der Waals surface area contributed by atoms with Crippen LogP contribution in [0.25, 0.3) is 0 Å². The predicted octanol–water partition coefficient (Wildman–Crippen LogP) is 1.75. The highest BCUT2D eigenvalue weighted by Crippen LogP contribution is 2.19. The van der Waals surface area contributed by atoms with Crippen molar-refractivity contribution in [3.63, 3.8) is 0 Å². The van der Waals surface area contributed by atoms with Gasteiger partial charge in [-0.1, -0.05) is 0 Å². The number of aromatic nitrogens is 3. The largest absolute Gasteiger partial charge is 0.317 e. The van der Waals surface area contributed by atoms with Crippen LogP contribution in [0.3, 0.4) is 0 Å². The van der Waals surface area contributed by atoms with Crippen molar-refractivity contribution in [2.75, 3.05) is 5.32 Å². The number of rotatable bonds is 2. The second-order valence-electron chi connectivity index (χ2n) is 3.50. The smallest absolute Gasteiger partial charge is 0.275 e. The van der Waals surface area contributed by atoms with Crippen molar-refractivity contribution in [3.8, 4) is 0 Å². The average Bonchev–Trinajstić information content (AvgIpc) is 2.83. The molecule has 0 aliphatic carbocycles. The summed E-state index contributed by atoms with van der Waals surface area (Å²) in [6.07, 6.45) is 0. The van der Waals surface area contributed by atoms with E-state index in [1.54, 1.807) is 15.6 Å². The second-order valence-corrected chi connectivity index (χ2v) is 4.22. The maximum Gasteiger partial charge on any atom is 0.275 e. The van der Waals surface area contributed by atoms with Crippen molar-refractivity contribution >= 4 is 22.9 Å². The predicted molar refractivity (Wildman–Crippen MR) is 62.7 cm³/mol. The zero-order chi connectivity index (χ0) is 11.7. The molecule has 2 aromatic rings. The van der Waals surface area contributed by atoms with Crippen LogP contribution in [0.15, 0.2) is 10.9 Å². The van der Waals surface area contributed by atoms with Crippen LogP contribution in [-0.4, -0.2) is 20.7 Å². The summed E-state index contributed by atoms with van der Waals surface area (Å²) in [5.74, 6) is -0.194. The van der Waals surface area contributed by atoms with Gasteiger partial charge in [0.05, 0.1) is 22.6 Å². The molecule has 0 saturated carbocycles. The van der Waals surface area contributed by atoms with Gasteiger partial charge in [0.25, 0.3) is 5.91 Å². The number of amides is 1. The molecule has 0 aliphatic rings. The second kappa shape index (κ2) is 4.05. The van der Waals surface area contributed by atoms with Crippen molar-refractivity contribution in [1.82, 2.24) is 14.8 Å². The molecule has 0 saturated heterocycles.